The van der Waals surface area contributed by atoms with Gasteiger partial charge in [-0.05, 0) is 20.3 Å². The van der Waals surface area contributed by atoms with Gasteiger partial charge in [-0.25, -0.2) is 13.4 Å². The van der Waals surface area contributed by atoms with Gasteiger partial charge in [-0.2, -0.15) is 4.31 Å². The molecular formula is C10H17N3O4S. The number of nitrogens with zero attached hydrogens (tertiary/aromatic N) is 2. The first-order valence-corrected chi connectivity index (χ1v) is 6.98. The molecule has 1 unspecified atom stereocenters. The molecule has 18 heavy (non-hydrogen) atoms. The maximum absolute atomic E-state index is 12.3. The van der Waals surface area contributed by atoms with Crippen molar-refractivity contribution in [2.45, 2.75) is 38.3 Å². The Kier molecular flexibility index (Phi) is 4.47. The van der Waals surface area contributed by atoms with Crippen molar-refractivity contribution in [2.75, 3.05) is 6.54 Å². The number of imidazole rings is 1. The minimum Gasteiger partial charge on any atom is -0.480 e. The lowest BCUT2D eigenvalue weighted by Gasteiger charge is -2.25. The number of hydrogen-bond donors (Lipinski definition) is 2. The van der Waals surface area contributed by atoms with Crippen molar-refractivity contribution in [1.82, 2.24) is 14.3 Å². The van der Waals surface area contributed by atoms with Crippen LogP contribution < -0.4 is 0 Å². The van der Waals surface area contributed by atoms with Crippen LogP contribution in [0.3, 0.4) is 0 Å². The number of aromatic nitrogens is 2. The Balaban J connectivity index is 3.15. The molecule has 1 heterocycles. The van der Waals surface area contributed by atoms with E-state index in [1.165, 1.54) is 6.20 Å². The minimum absolute atomic E-state index is 0.0819. The number of H-pyrrole nitrogens is 1. The molecule has 0 saturated carbocycles. The standard InChI is InChI=1S/C10H17N3O4S/c1-4-7(2)13(6-10(14)15)18(16,17)9-5-11-8(3)12-9/h5,7H,4,6H2,1-3H3,(H,11,12)(H,14,15). The van der Waals surface area contributed by atoms with Gasteiger partial charge in [0.1, 0.15) is 12.4 Å². The molecule has 1 atom stereocenters. The van der Waals surface area contributed by atoms with Crippen LogP contribution in [0.5, 0.6) is 0 Å². The maximum atomic E-state index is 12.3. The normalized spacial score (nSPS) is 13.8. The number of aryl methyl sites for hydroxylation is 1. The highest BCUT2D eigenvalue weighted by Crippen LogP contribution is 2.17. The van der Waals surface area contributed by atoms with E-state index in [0.717, 1.165) is 4.31 Å². The Morgan fingerprint density at radius 2 is 2.22 bits per heavy atom. The predicted octanol–water partition coefficient (Wildman–Crippen LogP) is 0.592. The molecule has 0 aliphatic carbocycles. The number of carboxylic acid groups (broad SMARTS) is 1. The molecule has 0 aliphatic heterocycles. The third-order valence-corrected chi connectivity index (χ3v) is 4.51. The molecule has 1 aromatic heterocycles. The molecule has 102 valence electrons. The average Bonchev–Trinajstić information content (AvgIpc) is 2.72. The van der Waals surface area contributed by atoms with Gasteiger partial charge in [-0.3, -0.25) is 4.79 Å². The van der Waals surface area contributed by atoms with Crippen LogP contribution in [0.2, 0.25) is 0 Å². The Bertz CT molecular complexity index is 523. The molecular weight excluding hydrogens is 258 g/mol. The van der Waals surface area contributed by atoms with Crippen molar-refractivity contribution < 1.29 is 18.3 Å². The monoisotopic (exact) mass is 275 g/mol. The molecule has 0 radical (unpaired) electrons. The topological polar surface area (TPSA) is 103 Å². The summed E-state index contributed by atoms with van der Waals surface area (Å²) in [6.07, 6.45) is 1.72. The van der Waals surface area contributed by atoms with Crippen molar-refractivity contribution in [3.8, 4) is 0 Å². The molecule has 7 nitrogen and oxygen atoms in total. The summed E-state index contributed by atoms with van der Waals surface area (Å²) in [5.41, 5.74) is 0. The highest BCUT2D eigenvalue weighted by atomic mass is 32.2. The highest BCUT2D eigenvalue weighted by Gasteiger charge is 2.31. The summed E-state index contributed by atoms with van der Waals surface area (Å²) < 4.78 is 25.5. The van der Waals surface area contributed by atoms with E-state index < -0.39 is 28.6 Å². The molecule has 0 fully saturated rings. The first-order chi connectivity index (χ1) is 8.28. The Labute approximate surface area is 106 Å². The molecule has 1 aromatic rings. The largest absolute Gasteiger partial charge is 0.480 e. The summed E-state index contributed by atoms with van der Waals surface area (Å²) in [6, 6.07) is -0.394. The van der Waals surface area contributed by atoms with E-state index in [-0.39, 0.29) is 5.03 Å². The molecule has 0 amide bonds. The van der Waals surface area contributed by atoms with E-state index in [1.54, 1.807) is 20.8 Å². The second kappa shape index (κ2) is 5.49. The second-order valence-electron chi connectivity index (χ2n) is 4.03. The zero-order valence-electron chi connectivity index (χ0n) is 10.5. The van der Waals surface area contributed by atoms with Crippen molar-refractivity contribution in [3.05, 3.63) is 12.0 Å². The van der Waals surface area contributed by atoms with Crippen LogP contribution in [0, 0.1) is 6.92 Å². The fourth-order valence-electron chi connectivity index (χ4n) is 1.47. The Morgan fingerprint density at radius 3 is 2.61 bits per heavy atom. The second-order valence-corrected chi connectivity index (χ2v) is 5.89. The summed E-state index contributed by atoms with van der Waals surface area (Å²) >= 11 is 0. The van der Waals surface area contributed by atoms with Crippen LogP contribution in [0.1, 0.15) is 26.1 Å². The molecule has 2 N–H and O–H groups in total. The van der Waals surface area contributed by atoms with E-state index in [9.17, 15) is 13.2 Å². The average molecular weight is 275 g/mol. The zero-order valence-corrected chi connectivity index (χ0v) is 11.4. The van der Waals surface area contributed by atoms with Gasteiger partial charge in [-0.15, -0.1) is 0 Å². The zero-order chi connectivity index (χ0) is 13.9. The molecule has 0 saturated heterocycles. The Hall–Kier alpha value is -1.41. The van der Waals surface area contributed by atoms with Crippen molar-refractivity contribution in [2.24, 2.45) is 0 Å². The summed E-state index contributed by atoms with van der Waals surface area (Å²) in [4.78, 5) is 17.2. The number of nitrogens with one attached hydrogen (secondary N) is 1. The van der Waals surface area contributed by atoms with Gasteiger partial charge in [0.15, 0.2) is 5.03 Å². The predicted molar refractivity (Wildman–Crippen MR) is 64.6 cm³/mol. The molecule has 1 rings (SSSR count). The summed E-state index contributed by atoms with van der Waals surface area (Å²) in [5.74, 6) is -0.719. The number of aromatic amines is 1. The van der Waals surface area contributed by atoms with Crippen LogP contribution in [-0.2, 0) is 14.8 Å². The quantitative estimate of drug-likeness (QED) is 0.791. The highest BCUT2D eigenvalue weighted by molar-refractivity contribution is 7.89. The van der Waals surface area contributed by atoms with Crippen LogP contribution >= 0.6 is 0 Å². The molecule has 0 aromatic carbocycles. The molecule has 0 spiro atoms. The first-order valence-electron chi connectivity index (χ1n) is 5.54. The summed E-state index contributed by atoms with van der Waals surface area (Å²) in [5, 5.41) is 8.73. The van der Waals surface area contributed by atoms with Gasteiger partial charge >= 0.3 is 5.97 Å². The Morgan fingerprint density at radius 1 is 1.61 bits per heavy atom. The SMILES string of the molecule is CCC(C)N(CC(=O)O)S(=O)(=O)c1cnc(C)[nH]1. The third kappa shape index (κ3) is 3.08. The number of carboxylic acids is 1. The number of rotatable bonds is 6. The first kappa shape index (κ1) is 14.7. The number of hydrogen-bond acceptors (Lipinski definition) is 4. The maximum Gasteiger partial charge on any atom is 0.318 e. The van der Waals surface area contributed by atoms with Gasteiger partial charge in [0.2, 0.25) is 0 Å². The van der Waals surface area contributed by atoms with Crippen molar-refractivity contribution in [1.29, 1.82) is 0 Å². The molecule has 0 bridgehead atoms. The summed E-state index contributed by atoms with van der Waals surface area (Å²) in [7, 11) is -3.85. The summed E-state index contributed by atoms with van der Waals surface area (Å²) in [6.45, 7) is 4.54. The molecule has 8 heteroatoms. The number of aliphatic carboxylic acids is 1. The van der Waals surface area contributed by atoms with Gasteiger partial charge in [-0.1, -0.05) is 6.92 Å². The minimum atomic E-state index is -3.85. The lowest BCUT2D eigenvalue weighted by Crippen LogP contribution is -2.41. The fraction of sp³-hybridized carbons (Fsp3) is 0.600. The van der Waals surface area contributed by atoms with Crippen LogP contribution in [0.15, 0.2) is 11.2 Å². The lowest BCUT2D eigenvalue weighted by atomic mass is 10.2. The van der Waals surface area contributed by atoms with E-state index in [0.29, 0.717) is 12.2 Å². The van der Waals surface area contributed by atoms with E-state index in [4.69, 9.17) is 5.11 Å². The number of sulfonamides is 1. The van der Waals surface area contributed by atoms with Gasteiger partial charge in [0.25, 0.3) is 10.0 Å². The smallest absolute Gasteiger partial charge is 0.318 e. The van der Waals surface area contributed by atoms with Crippen LogP contribution in [-0.4, -0.2) is 46.4 Å². The van der Waals surface area contributed by atoms with E-state index in [1.807, 2.05) is 0 Å². The number of carbonyl (C=O) groups is 1. The van der Waals surface area contributed by atoms with Crippen molar-refractivity contribution in [3.63, 3.8) is 0 Å². The van der Waals surface area contributed by atoms with E-state index >= 15 is 0 Å². The van der Waals surface area contributed by atoms with Gasteiger partial charge in [0.05, 0.1) is 6.20 Å². The fourth-order valence-corrected chi connectivity index (χ4v) is 3.09. The van der Waals surface area contributed by atoms with Gasteiger partial charge < -0.3 is 10.1 Å². The van der Waals surface area contributed by atoms with Crippen LogP contribution in [0.25, 0.3) is 0 Å². The van der Waals surface area contributed by atoms with Crippen molar-refractivity contribution >= 4 is 16.0 Å². The third-order valence-electron chi connectivity index (χ3n) is 2.64. The van der Waals surface area contributed by atoms with Crippen LogP contribution in [0.4, 0.5) is 0 Å². The molecule has 0 aliphatic rings. The van der Waals surface area contributed by atoms with Gasteiger partial charge in [0, 0.05) is 6.04 Å². The lowest BCUT2D eigenvalue weighted by molar-refractivity contribution is -0.137. The van der Waals surface area contributed by atoms with E-state index in [2.05, 4.69) is 9.97 Å².